The fourth-order valence-electron chi connectivity index (χ4n) is 1.70. The van der Waals surface area contributed by atoms with E-state index in [1.54, 1.807) is 0 Å². The largest absolute Gasteiger partial charge is 0.443 e. The molecule has 0 spiro atoms. The van der Waals surface area contributed by atoms with Crippen LogP contribution in [0, 0.1) is 0 Å². The Balaban J connectivity index is 1.86. The average Bonchev–Trinajstić information content (AvgIpc) is 2.70. The summed E-state index contributed by atoms with van der Waals surface area (Å²) in [5.74, 6) is 0. The molecule has 0 aliphatic carbocycles. The molecule has 1 aromatic carbocycles. The first-order chi connectivity index (χ1) is 8.04. The van der Waals surface area contributed by atoms with Crippen LogP contribution in [0.1, 0.15) is 19.4 Å². The zero-order valence-electron chi connectivity index (χ0n) is 10.4. The predicted octanol–water partition coefficient (Wildman–Crippen LogP) is 1.70. The molecule has 0 aliphatic heterocycles. The van der Waals surface area contributed by atoms with Crippen molar-refractivity contribution < 1.29 is 4.42 Å². The van der Waals surface area contributed by atoms with E-state index in [9.17, 15) is 0 Å². The van der Waals surface area contributed by atoms with E-state index in [1.807, 2.05) is 26.0 Å². The molecule has 2 aromatic rings. The number of nitrogens with zero attached hydrogens (tertiary/aromatic N) is 1. The van der Waals surface area contributed by atoms with Crippen LogP contribution in [0.4, 0.5) is 0 Å². The van der Waals surface area contributed by atoms with Crippen molar-refractivity contribution in [1.82, 2.24) is 10.3 Å². The van der Waals surface area contributed by atoms with Gasteiger partial charge < -0.3 is 15.5 Å². The monoisotopic (exact) mass is 233 g/mol. The van der Waals surface area contributed by atoms with E-state index in [-0.39, 0.29) is 5.54 Å². The molecule has 3 N–H and O–H groups in total. The lowest BCUT2D eigenvalue weighted by Crippen LogP contribution is -2.43. The summed E-state index contributed by atoms with van der Waals surface area (Å²) in [6.45, 7) is 5.76. The number of rotatable bonds is 5. The highest BCUT2D eigenvalue weighted by Crippen LogP contribution is 2.14. The van der Waals surface area contributed by atoms with Crippen LogP contribution >= 0.6 is 0 Å². The highest BCUT2D eigenvalue weighted by molar-refractivity contribution is 5.72. The van der Waals surface area contributed by atoms with Crippen LogP contribution in [0.25, 0.3) is 11.1 Å². The number of nitrogens with one attached hydrogen (secondary N) is 1. The minimum atomic E-state index is -0.158. The first kappa shape index (κ1) is 12.1. The van der Waals surface area contributed by atoms with E-state index >= 15 is 0 Å². The topological polar surface area (TPSA) is 64.1 Å². The van der Waals surface area contributed by atoms with Crippen molar-refractivity contribution in [3.63, 3.8) is 0 Å². The molecular weight excluding hydrogens is 214 g/mol. The van der Waals surface area contributed by atoms with Gasteiger partial charge in [0.2, 0.25) is 0 Å². The fourth-order valence-corrected chi connectivity index (χ4v) is 1.70. The zero-order valence-corrected chi connectivity index (χ0v) is 10.4. The summed E-state index contributed by atoms with van der Waals surface area (Å²) in [7, 11) is 0. The summed E-state index contributed by atoms with van der Waals surface area (Å²) < 4.78 is 5.27. The van der Waals surface area contributed by atoms with Crippen LogP contribution in [0.3, 0.4) is 0 Å². The second-order valence-corrected chi connectivity index (χ2v) is 5.07. The molecule has 0 saturated carbocycles. The van der Waals surface area contributed by atoms with Gasteiger partial charge in [0.25, 0.3) is 0 Å². The van der Waals surface area contributed by atoms with Gasteiger partial charge >= 0.3 is 0 Å². The summed E-state index contributed by atoms with van der Waals surface area (Å²) in [5, 5.41) is 3.34. The van der Waals surface area contributed by atoms with Gasteiger partial charge in [-0.05, 0) is 44.5 Å². The molecule has 0 bridgehead atoms. The van der Waals surface area contributed by atoms with Gasteiger partial charge in [-0.15, -0.1) is 0 Å². The summed E-state index contributed by atoms with van der Waals surface area (Å²) >= 11 is 0. The molecule has 0 fully saturated rings. The molecule has 0 radical (unpaired) electrons. The quantitative estimate of drug-likeness (QED) is 0.771. The molecule has 4 nitrogen and oxygen atoms in total. The molecular formula is C13H19N3O. The van der Waals surface area contributed by atoms with Crippen LogP contribution in [0.2, 0.25) is 0 Å². The van der Waals surface area contributed by atoms with Crippen LogP contribution in [-0.4, -0.2) is 23.6 Å². The van der Waals surface area contributed by atoms with Crippen LogP contribution < -0.4 is 11.1 Å². The Morgan fingerprint density at radius 2 is 2.24 bits per heavy atom. The molecule has 1 aromatic heterocycles. The normalized spacial score (nSPS) is 12.2. The van der Waals surface area contributed by atoms with Crippen LogP contribution in [0.5, 0.6) is 0 Å². The maximum atomic E-state index is 5.89. The molecule has 0 aliphatic rings. The van der Waals surface area contributed by atoms with Crippen molar-refractivity contribution in [3.05, 3.63) is 30.2 Å². The molecule has 0 saturated heterocycles. The predicted molar refractivity (Wildman–Crippen MR) is 68.8 cm³/mol. The lowest BCUT2D eigenvalue weighted by molar-refractivity contribution is 0.469. The van der Waals surface area contributed by atoms with Crippen LogP contribution in [-0.2, 0) is 6.42 Å². The second-order valence-electron chi connectivity index (χ2n) is 5.07. The van der Waals surface area contributed by atoms with Crippen molar-refractivity contribution >= 4 is 11.1 Å². The Bertz CT molecular complexity index is 485. The van der Waals surface area contributed by atoms with E-state index in [0.29, 0.717) is 0 Å². The molecule has 1 heterocycles. The van der Waals surface area contributed by atoms with Crippen LogP contribution in [0.15, 0.2) is 29.0 Å². The number of fused-ring (bicyclic) bond motifs is 1. The smallest absolute Gasteiger partial charge is 0.181 e. The summed E-state index contributed by atoms with van der Waals surface area (Å²) in [6.07, 6.45) is 2.44. The Kier molecular flexibility index (Phi) is 3.45. The van der Waals surface area contributed by atoms with Gasteiger partial charge in [-0.2, -0.15) is 0 Å². The average molecular weight is 233 g/mol. The van der Waals surface area contributed by atoms with Gasteiger partial charge in [-0.25, -0.2) is 4.98 Å². The number of nitrogens with two attached hydrogens (primary N) is 1. The second kappa shape index (κ2) is 4.85. The lowest BCUT2D eigenvalue weighted by Gasteiger charge is -2.18. The number of benzene rings is 1. The Morgan fingerprint density at radius 1 is 1.41 bits per heavy atom. The third-order valence-corrected chi connectivity index (χ3v) is 2.57. The molecule has 92 valence electrons. The van der Waals surface area contributed by atoms with E-state index in [2.05, 4.69) is 16.4 Å². The standard InChI is InChI=1S/C13H19N3O/c1-13(2,14)8-15-6-5-10-3-4-11-12(7-10)17-9-16-11/h3-4,7,9,15H,5-6,8,14H2,1-2H3. The highest BCUT2D eigenvalue weighted by Gasteiger charge is 2.08. The van der Waals surface area contributed by atoms with Gasteiger partial charge in [-0.3, -0.25) is 0 Å². The van der Waals surface area contributed by atoms with Crippen molar-refractivity contribution in [2.75, 3.05) is 13.1 Å². The third-order valence-electron chi connectivity index (χ3n) is 2.57. The number of oxazole rings is 1. The van der Waals surface area contributed by atoms with E-state index in [0.717, 1.165) is 30.6 Å². The highest BCUT2D eigenvalue weighted by atomic mass is 16.3. The summed E-state index contributed by atoms with van der Waals surface area (Å²) in [4.78, 5) is 4.09. The van der Waals surface area contributed by atoms with Gasteiger partial charge in [0.15, 0.2) is 12.0 Å². The maximum absolute atomic E-state index is 5.89. The minimum Gasteiger partial charge on any atom is -0.443 e. The third kappa shape index (κ3) is 3.54. The number of hydrogen-bond acceptors (Lipinski definition) is 4. The Hall–Kier alpha value is -1.39. The van der Waals surface area contributed by atoms with Crippen molar-refractivity contribution in [3.8, 4) is 0 Å². The van der Waals surface area contributed by atoms with Gasteiger partial charge in [0.05, 0.1) is 0 Å². The van der Waals surface area contributed by atoms with Gasteiger partial charge in [0.1, 0.15) is 5.52 Å². The maximum Gasteiger partial charge on any atom is 0.181 e. The van der Waals surface area contributed by atoms with Crippen molar-refractivity contribution in [1.29, 1.82) is 0 Å². The zero-order chi connectivity index (χ0) is 12.3. The molecule has 4 heteroatoms. The SMILES string of the molecule is CC(C)(N)CNCCc1ccc2ncoc2c1. The molecule has 17 heavy (non-hydrogen) atoms. The fraction of sp³-hybridized carbons (Fsp3) is 0.462. The van der Waals surface area contributed by atoms with Crippen molar-refractivity contribution in [2.24, 2.45) is 5.73 Å². The lowest BCUT2D eigenvalue weighted by atomic mass is 10.1. The van der Waals surface area contributed by atoms with Crippen molar-refractivity contribution in [2.45, 2.75) is 25.8 Å². The first-order valence-electron chi connectivity index (χ1n) is 5.86. The Morgan fingerprint density at radius 3 is 3.00 bits per heavy atom. The summed E-state index contributed by atoms with van der Waals surface area (Å²) in [6, 6.07) is 6.11. The van der Waals surface area contributed by atoms with E-state index in [1.165, 1.54) is 12.0 Å². The van der Waals surface area contributed by atoms with E-state index in [4.69, 9.17) is 10.2 Å². The Labute approximate surface area is 101 Å². The minimum absolute atomic E-state index is 0.158. The first-order valence-corrected chi connectivity index (χ1v) is 5.86. The molecule has 0 unspecified atom stereocenters. The molecule has 0 amide bonds. The van der Waals surface area contributed by atoms with E-state index < -0.39 is 0 Å². The molecule has 2 rings (SSSR count). The number of aromatic nitrogens is 1. The molecule has 0 atom stereocenters. The van der Waals surface area contributed by atoms with Gasteiger partial charge in [-0.1, -0.05) is 6.07 Å². The van der Waals surface area contributed by atoms with Gasteiger partial charge in [0, 0.05) is 12.1 Å². The number of hydrogen-bond donors (Lipinski definition) is 2. The summed E-state index contributed by atoms with van der Waals surface area (Å²) in [5.41, 5.74) is 8.73.